The maximum absolute atomic E-state index is 5.66. The lowest BCUT2D eigenvalue weighted by molar-refractivity contribution is -0.0268. The number of ether oxygens (including phenoxy) is 1. The SMILES string of the molecule is CNCC1CN(CCCN(C)C)CCO1. The number of nitrogens with one attached hydrogen (secondary N) is 1. The van der Waals surface area contributed by atoms with Crippen LogP contribution in [-0.2, 0) is 4.74 Å². The van der Waals surface area contributed by atoms with Crippen LogP contribution in [-0.4, -0.2) is 76.4 Å². The predicted octanol–water partition coefficient (Wildman–Crippen LogP) is -0.142. The van der Waals surface area contributed by atoms with Crippen molar-refractivity contribution in [1.29, 1.82) is 0 Å². The van der Waals surface area contributed by atoms with E-state index in [2.05, 4.69) is 29.2 Å². The van der Waals surface area contributed by atoms with Crippen molar-refractivity contribution in [3.05, 3.63) is 0 Å². The Bertz CT molecular complexity index is 162. The zero-order chi connectivity index (χ0) is 11.1. The maximum atomic E-state index is 5.66. The predicted molar refractivity (Wildman–Crippen MR) is 63.3 cm³/mol. The molecule has 1 aliphatic rings. The fraction of sp³-hybridized carbons (Fsp3) is 1.00. The zero-order valence-corrected chi connectivity index (χ0v) is 10.3. The summed E-state index contributed by atoms with van der Waals surface area (Å²) in [6.45, 7) is 6.39. The smallest absolute Gasteiger partial charge is 0.0826 e. The molecule has 1 atom stereocenters. The normalized spacial score (nSPS) is 23.6. The van der Waals surface area contributed by atoms with E-state index in [1.807, 2.05) is 7.05 Å². The third kappa shape index (κ3) is 5.47. The summed E-state index contributed by atoms with van der Waals surface area (Å²) in [4.78, 5) is 4.75. The van der Waals surface area contributed by atoms with Gasteiger partial charge in [0.25, 0.3) is 0 Å². The highest BCUT2D eigenvalue weighted by Crippen LogP contribution is 2.05. The first kappa shape index (κ1) is 12.9. The number of rotatable bonds is 6. The first-order valence-corrected chi connectivity index (χ1v) is 5.85. The largest absolute Gasteiger partial charge is 0.374 e. The van der Waals surface area contributed by atoms with Gasteiger partial charge in [0.1, 0.15) is 0 Å². The van der Waals surface area contributed by atoms with Crippen molar-refractivity contribution in [3.8, 4) is 0 Å². The Morgan fingerprint density at radius 3 is 2.93 bits per heavy atom. The van der Waals surface area contributed by atoms with Crippen LogP contribution in [0.2, 0.25) is 0 Å². The van der Waals surface area contributed by atoms with Crippen LogP contribution in [0.4, 0.5) is 0 Å². The Labute approximate surface area is 93.6 Å². The monoisotopic (exact) mass is 215 g/mol. The van der Waals surface area contributed by atoms with Gasteiger partial charge in [-0.3, -0.25) is 4.90 Å². The Hall–Kier alpha value is -0.160. The van der Waals surface area contributed by atoms with Crippen LogP contribution in [0.5, 0.6) is 0 Å². The maximum Gasteiger partial charge on any atom is 0.0826 e. The van der Waals surface area contributed by atoms with Crippen molar-refractivity contribution < 1.29 is 4.74 Å². The summed E-state index contributed by atoms with van der Waals surface area (Å²) >= 11 is 0. The van der Waals surface area contributed by atoms with Gasteiger partial charge in [-0.25, -0.2) is 0 Å². The lowest BCUT2D eigenvalue weighted by Gasteiger charge is -2.33. The van der Waals surface area contributed by atoms with E-state index in [0.29, 0.717) is 6.10 Å². The Balaban J connectivity index is 2.12. The topological polar surface area (TPSA) is 27.7 Å². The van der Waals surface area contributed by atoms with Gasteiger partial charge in [-0.1, -0.05) is 0 Å². The van der Waals surface area contributed by atoms with Crippen LogP contribution in [0.15, 0.2) is 0 Å². The molecular formula is C11H25N3O. The minimum Gasteiger partial charge on any atom is -0.374 e. The molecule has 1 heterocycles. The van der Waals surface area contributed by atoms with Gasteiger partial charge in [0.05, 0.1) is 12.7 Å². The van der Waals surface area contributed by atoms with Crippen LogP contribution >= 0.6 is 0 Å². The molecule has 1 fully saturated rings. The summed E-state index contributed by atoms with van der Waals surface area (Å²) < 4.78 is 5.66. The van der Waals surface area contributed by atoms with Gasteiger partial charge in [-0.2, -0.15) is 0 Å². The fourth-order valence-corrected chi connectivity index (χ4v) is 1.95. The first-order valence-electron chi connectivity index (χ1n) is 5.85. The van der Waals surface area contributed by atoms with E-state index in [0.717, 1.165) is 26.2 Å². The number of morpholine rings is 1. The second-order valence-electron chi connectivity index (χ2n) is 4.51. The lowest BCUT2D eigenvalue weighted by Crippen LogP contribution is -2.46. The average molecular weight is 215 g/mol. The number of hydrogen-bond donors (Lipinski definition) is 1. The standard InChI is InChI=1S/C11H25N3O/c1-12-9-11-10-14(7-8-15-11)6-4-5-13(2)3/h11-12H,4-10H2,1-3H3. The molecule has 90 valence electrons. The summed E-state index contributed by atoms with van der Waals surface area (Å²) in [7, 11) is 6.24. The quantitative estimate of drug-likeness (QED) is 0.667. The molecule has 0 aromatic carbocycles. The van der Waals surface area contributed by atoms with Gasteiger partial charge in [0, 0.05) is 19.6 Å². The second-order valence-corrected chi connectivity index (χ2v) is 4.51. The fourth-order valence-electron chi connectivity index (χ4n) is 1.95. The molecule has 4 heteroatoms. The van der Waals surface area contributed by atoms with E-state index in [1.54, 1.807) is 0 Å². The molecule has 0 aromatic rings. The molecule has 4 nitrogen and oxygen atoms in total. The minimum absolute atomic E-state index is 0.378. The summed E-state index contributed by atoms with van der Waals surface area (Å²) in [5, 5.41) is 3.17. The highest BCUT2D eigenvalue weighted by Gasteiger charge is 2.18. The van der Waals surface area contributed by atoms with Crippen LogP contribution in [0.1, 0.15) is 6.42 Å². The summed E-state index contributed by atoms with van der Waals surface area (Å²) in [6.07, 6.45) is 1.63. The average Bonchev–Trinajstić information content (AvgIpc) is 2.18. The molecule has 1 N–H and O–H groups in total. The van der Waals surface area contributed by atoms with Crippen molar-refractivity contribution in [2.24, 2.45) is 0 Å². The Morgan fingerprint density at radius 1 is 1.47 bits per heavy atom. The third-order valence-corrected chi connectivity index (χ3v) is 2.73. The molecule has 0 radical (unpaired) electrons. The van der Waals surface area contributed by atoms with Gasteiger partial charge in [-0.15, -0.1) is 0 Å². The molecule has 0 bridgehead atoms. The molecule has 1 rings (SSSR count). The molecule has 0 aromatic heterocycles. The Kier molecular flexibility index (Phi) is 6.17. The van der Waals surface area contributed by atoms with E-state index in [-0.39, 0.29) is 0 Å². The van der Waals surface area contributed by atoms with Crippen LogP contribution in [0, 0.1) is 0 Å². The highest BCUT2D eigenvalue weighted by molar-refractivity contribution is 4.72. The molecule has 15 heavy (non-hydrogen) atoms. The van der Waals surface area contributed by atoms with Gasteiger partial charge >= 0.3 is 0 Å². The van der Waals surface area contributed by atoms with Crippen LogP contribution < -0.4 is 5.32 Å². The van der Waals surface area contributed by atoms with E-state index in [4.69, 9.17) is 4.74 Å². The van der Waals surface area contributed by atoms with Gasteiger partial charge in [-0.05, 0) is 40.7 Å². The molecule has 0 amide bonds. The van der Waals surface area contributed by atoms with Crippen molar-refractivity contribution in [3.63, 3.8) is 0 Å². The van der Waals surface area contributed by atoms with E-state index in [9.17, 15) is 0 Å². The molecule has 1 saturated heterocycles. The zero-order valence-electron chi connectivity index (χ0n) is 10.3. The highest BCUT2D eigenvalue weighted by atomic mass is 16.5. The van der Waals surface area contributed by atoms with Crippen LogP contribution in [0.25, 0.3) is 0 Å². The molecular weight excluding hydrogens is 190 g/mol. The number of likely N-dealkylation sites (N-methyl/N-ethyl adjacent to an activating group) is 1. The Morgan fingerprint density at radius 2 is 2.27 bits per heavy atom. The second kappa shape index (κ2) is 7.17. The van der Waals surface area contributed by atoms with Gasteiger partial charge < -0.3 is 15.0 Å². The summed E-state index contributed by atoms with van der Waals surface area (Å²) in [5.41, 5.74) is 0. The molecule has 0 aliphatic carbocycles. The number of nitrogens with zero attached hydrogens (tertiary/aromatic N) is 2. The van der Waals surface area contributed by atoms with Crippen molar-refractivity contribution in [2.45, 2.75) is 12.5 Å². The summed E-state index contributed by atoms with van der Waals surface area (Å²) in [6, 6.07) is 0. The minimum atomic E-state index is 0.378. The lowest BCUT2D eigenvalue weighted by atomic mass is 10.2. The van der Waals surface area contributed by atoms with Crippen molar-refractivity contribution in [1.82, 2.24) is 15.1 Å². The molecule has 0 spiro atoms. The first-order chi connectivity index (χ1) is 7.22. The summed E-state index contributed by atoms with van der Waals surface area (Å²) in [5.74, 6) is 0. The van der Waals surface area contributed by atoms with Gasteiger partial charge in [0.2, 0.25) is 0 Å². The van der Waals surface area contributed by atoms with Crippen molar-refractivity contribution >= 4 is 0 Å². The van der Waals surface area contributed by atoms with E-state index >= 15 is 0 Å². The van der Waals surface area contributed by atoms with E-state index < -0.39 is 0 Å². The van der Waals surface area contributed by atoms with Gasteiger partial charge in [0.15, 0.2) is 0 Å². The third-order valence-electron chi connectivity index (χ3n) is 2.73. The molecule has 0 saturated carbocycles. The number of hydrogen-bond acceptors (Lipinski definition) is 4. The van der Waals surface area contributed by atoms with E-state index in [1.165, 1.54) is 19.5 Å². The molecule has 1 aliphatic heterocycles. The molecule has 1 unspecified atom stereocenters. The van der Waals surface area contributed by atoms with Crippen LogP contribution in [0.3, 0.4) is 0 Å². The van der Waals surface area contributed by atoms with Crippen molar-refractivity contribution in [2.75, 3.05) is 60.5 Å².